The number of benzene rings is 1. The van der Waals surface area contributed by atoms with Crippen molar-refractivity contribution in [2.75, 3.05) is 13.7 Å². The number of halogens is 1. The monoisotopic (exact) mass is 239 g/mol. The van der Waals surface area contributed by atoms with E-state index >= 15 is 0 Å². The predicted octanol–water partition coefficient (Wildman–Crippen LogP) is 2.40. The minimum atomic E-state index is -0.622. The summed E-state index contributed by atoms with van der Waals surface area (Å²) in [5.74, 6) is -0.285. The van der Waals surface area contributed by atoms with E-state index in [9.17, 15) is 4.79 Å². The summed E-state index contributed by atoms with van der Waals surface area (Å²) in [7, 11) is 1.43. The fourth-order valence-electron chi connectivity index (χ4n) is 1.21. The van der Waals surface area contributed by atoms with Crippen LogP contribution in [-0.2, 0) is 4.74 Å². The Bertz CT molecular complexity index is 451. The van der Waals surface area contributed by atoms with E-state index in [1.165, 1.54) is 19.2 Å². The van der Waals surface area contributed by atoms with Gasteiger partial charge in [0.25, 0.3) is 0 Å². The third-order valence-corrected chi connectivity index (χ3v) is 2.30. The summed E-state index contributed by atoms with van der Waals surface area (Å²) in [5, 5.41) is 8.96. The van der Waals surface area contributed by atoms with Crippen molar-refractivity contribution in [2.24, 2.45) is 0 Å². The van der Waals surface area contributed by atoms with Gasteiger partial charge >= 0.3 is 5.97 Å². The number of methoxy groups -OCH3 is 1. The molecule has 0 bridgehead atoms. The average Bonchev–Trinajstić information content (AvgIpc) is 2.28. The number of nitrogens with zero attached hydrogens (tertiary/aromatic N) is 1. The van der Waals surface area contributed by atoms with E-state index in [-0.39, 0.29) is 22.8 Å². The van der Waals surface area contributed by atoms with Crippen molar-refractivity contribution < 1.29 is 14.3 Å². The SMILES string of the molecule is CCOC(=O)c1c(C#N)ccc(OC)c1Cl. The van der Waals surface area contributed by atoms with Crippen molar-refractivity contribution in [3.63, 3.8) is 0 Å². The molecular formula is C11H10ClNO3. The predicted molar refractivity (Wildman–Crippen MR) is 58.7 cm³/mol. The van der Waals surface area contributed by atoms with Gasteiger partial charge in [-0.1, -0.05) is 11.6 Å². The molecule has 0 amide bonds. The topological polar surface area (TPSA) is 59.3 Å². The van der Waals surface area contributed by atoms with Gasteiger partial charge in [0.2, 0.25) is 0 Å². The zero-order valence-corrected chi connectivity index (χ0v) is 9.67. The van der Waals surface area contributed by atoms with Gasteiger partial charge in [0.1, 0.15) is 11.8 Å². The van der Waals surface area contributed by atoms with Gasteiger partial charge < -0.3 is 9.47 Å². The summed E-state index contributed by atoms with van der Waals surface area (Å²) in [6.07, 6.45) is 0. The Balaban J connectivity index is 3.33. The number of esters is 1. The van der Waals surface area contributed by atoms with E-state index in [1.807, 2.05) is 6.07 Å². The Labute approximate surface area is 98.3 Å². The van der Waals surface area contributed by atoms with Crippen molar-refractivity contribution in [1.29, 1.82) is 5.26 Å². The normalized spacial score (nSPS) is 9.38. The van der Waals surface area contributed by atoms with Crippen LogP contribution in [0.5, 0.6) is 5.75 Å². The van der Waals surface area contributed by atoms with Crippen LogP contribution < -0.4 is 4.74 Å². The van der Waals surface area contributed by atoms with Crippen LogP contribution in [0.2, 0.25) is 5.02 Å². The van der Waals surface area contributed by atoms with E-state index in [0.29, 0.717) is 5.75 Å². The average molecular weight is 240 g/mol. The molecule has 0 aromatic heterocycles. The van der Waals surface area contributed by atoms with Crippen molar-refractivity contribution in [2.45, 2.75) is 6.92 Å². The number of carbonyl (C=O) groups excluding carboxylic acids is 1. The van der Waals surface area contributed by atoms with Crippen LogP contribution >= 0.6 is 11.6 Å². The minimum Gasteiger partial charge on any atom is -0.495 e. The van der Waals surface area contributed by atoms with Gasteiger partial charge in [-0.05, 0) is 19.1 Å². The molecule has 0 aliphatic carbocycles. The van der Waals surface area contributed by atoms with Crippen molar-refractivity contribution >= 4 is 17.6 Å². The third kappa shape index (κ3) is 2.26. The highest BCUT2D eigenvalue weighted by molar-refractivity contribution is 6.35. The van der Waals surface area contributed by atoms with Crippen molar-refractivity contribution in [3.05, 3.63) is 28.3 Å². The van der Waals surface area contributed by atoms with Gasteiger partial charge in [-0.15, -0.1) is 0 Å². The Kier molecular flexibility index (Phi) is 4.15. The molecule has 0 fully saturated rings. The summed E-state index contributed by atoms with van der Waals surface area (Å²) in [4.78, 5) is 11.6. The van der Waals surface area contributed by atoms with E-state index in [1.54, 1.807) is 6.92 Å². The fraction of sp³-hybridized carbons (Fsp3) is 0.273. The Morgan fingerprint density at radius 2 is 2.25 bits per heavy atom. The number of rotatable bonds is 3. The van der Waals surface area contributed by atoms with E-state index in [2.05, 4.69) is 0 Å². The molecule has 0 saturated carbocycles. The van der Waals surface area contributed by atoms with Crippen LogP contribution in [0.15, 0.2) is 12.1 Å². The lowest BCUT2D eigenvalue weighted by atomic mass is 10.1. The first-order chi connectivity index (χ1) is 7.65. The highest BCUT2D eigenvalue weighted by atomic mass is 35.5. The summed E-state index contributed by atoms with van der Waals surface area (Å²) >= 11 is 5.95. The molecule has 0 aliphatic rings. The molecule has 0 heterocycles. The number of hydrogen-bond donors (Lipinski definition) is 0. The number of hydrogen-bond acceptors (Lipinski definition) is 4. The molecule has 0 N–H and O–H groups in total. The van der Waals surface area contributed by atoms with Crippen LogP contribution in [0.1, 0.15) is 22.8 Å². The molecule has 5 heteroatoms. The lowest BCUT2D eigenvalue weighted by Gasteiger charge is -2.09. The highest BCUT2D eigenvalue weighted by Crippen LogP contribution is 2.30. The van der Waals surface area contributed by atoms with E-state index in [0.717, 1.165) is 0 Å². The largest absolute Gasteiger partial charge is 0.495 e. The zero-order valence-electron chi connectivity index (χ0n) is 8.91. The van der Waals surface area contributed by atoms with Crippen molar-refractivity contribution in [1.82, 2.24) is 0 Å². The maximum absolute atomic E-state index is 11.6. The molecule has 0 unspecified atom stereocenters. The van der Waals surface area contributed by atoms with Gasteiger partial charge in [-0.3, -0.25) is 0 Å². The molecule has 0 aliphatic heterocycles. The first-order valence-electron chi connectivity index (χ1n) is 4.59. The molecule has 0 atom stereocenters. The summed E-state index contributed by atoms with van der Waals surface area (Å²) in [6, 6.07) is 4.89. The van der Waals surface area contributed by atoms with E-state index in [4.69, 9.17) is 26.3 Å². The molecule has 1 rings (SSSR count). The summed E-state index contributed by atoms with van der Waals surface area (Å²) < 4.78 is 9.79. The number of ether oxygens (including phenoxy) is 2. The first kappa shape index (κ1) is 12.3. The Hall–Kier alpha value is -1.73. The van der Waals surface area contributed by atoms with Gasteiger partial charge in [0.05, 0.1) is 29.9 Å². The molecule has 1 aromatic rings. The van der Waals surface area contributed by atoms with Crippen molar-refractivity contribution in [3.8, 4) is 11.8 Å². The van der Waals surface area contributed by atoms with Gasteiger partial charge in [-0.2, -0.15) is 5.26 Å². The van der Waals surface area contributed by atoms with Crippen LogP contribution in [0.3, 0.4) is 0 Å². The number of carbonyl (C=O) groups is 1. The Morgan fingerprint density at radius 1 is 1.56 bits per heavy atom. The zero-order chi connectivity index (χ0) is 12.1. The molecule has 0 saturated heterocycles. The molecule has 84 valence electrons. The van der Waals surface area contributed by atoms with Crippen LogP contribution in [0.4, 0.5) is 0 Å². The second-order valence-corrected chi connectivity index (χ2v) is 3.21. The molecule has 4 nitrogen and oxygen atoms in total. The number of nitriles is 1. The summed E-state index contributed by atoms with van der Waals surface area (Å²) in [6.45, 7) is 1.90. The molecule has 0 radical (unpaired) electrons. The first-order valence-corrected chi connectivity index (χ1v) is 4.97. The molecular weight excluding hydrogens is 230 g/mol. The van der Waals surface area contributed by atoms with Crippen LogP contribution in [0, 0.1) is 11.3 Å². The second-order valence-electron chi connectivity index (χ2n) is 2.84. The lowest BCUT2D eigenvalue weighted by molar-refractivity contribution is 0.0526. The second kappa shape index (κ2) is 5.38. The molecule has 0 spiro atoms. The fourth-order valence-corrected chi connectivity index (χ4v) is 1.53. The minimum absolute atomic E-state index is 0.0466. The maximum Gasteiger partial charge on any atom is 0.341 e. The van der Waals surface area contributed by atoms with Gasteiger partial charge in [0.15, 0.2) is 0 Å². The van der Waals surface area contributed by atoms with Gasteiger partial charge in [0, 0.05) is 0 Å². The maximum atomic E-state index is 11.6. The molecule has 16 heavy (non-hydrogen) atoms. The molecule has 1 aromatic carbocycles. The van der Waals surface area contributed by atoms with Crippen LogP contribution in [-0.4, -0.2) is 19.7 Å². The van der Waals surface area contributed by atoms with Gasteiger partial charge in [-0.25, -0.2) is 4.79 Å². The smallest absolute Gasteiger partial charge is 0.341 e. The van der Waals surface area contributed by atoms with E-state index < -0.39 is 5.97 Å². The third-order valence-electron chi connectivity index (χ3n) is 1.93. The standard InChI is InChI=1S/C11H10ClNO3/c1-3-16-11(14)9-7(6-13)4-5-8(15-2)10(9)12/h4-5H,3H2,1-2H3. The lowest BCUT2D eigenvalue weighted by Crippen LogP contribution is -2.08. The quantitative estimate of drug-likeness (QED) is 0.760. The summed E-state index contributed by atoms with van der Waals surface area (Å²) in [5.41, 5.74) is 0.217. The van der Waals surface area contributed by atoms with Crippen LogP contribution in [0.25, 0.3) is 0 Å². The highest BCUT2D eigenvalue weighted by Gasteiger charge is 2.20. The Morgan fingerprint density at radius 3 is 2.75 bits per heavy atom.